The van der Waals surface area contributed by atoms with Crippen LogP contribution in [0.15, 0.2) is 61.7 Å². The van der Waals surface area contributed by atoms with Gasteiger partial charge in [-0.1, -0.05) is 51.3 Å². The zero-order chi connectivity index (χ0) is 17.4. The Morgan fingerprint density at radius 1 is 0.750 bits per heavy atom. The van der Waals surface area contributed by atoms with Gasteiger partial charge in [0.15, 0.2) is 0 Å². The van der Waals surface area contributed by atoms with Gasteiger partial charge in [0.1, 0.15) is 24.7 Å². The van der Waals surface area contributed by atoms with Gasteiger partial charge in [-0.3, -0.25) is 0 Å². The molecule has 0 unspecified atom stereocenters. The molecule has 0 fully saturated rings. The molecule has 2 rings (SSSR count). The summed E-state index contributed by atoms with van der Waals surface area (Å²) in [6.07, 6.45) is 5.40. The fourth-order valence-electron chi connectivity index (χ4n) is 2.65. The first-order chi connectivity index (χ1) is 11.7. The summed E-state index contributed by atoms with van der Waals surface area (Å²) in [4.78, 5) is 0. The van der Waals surface area contributed by atoms with Gasteiger partial charge in [-0.25, -0.2) is 0 Å². The SMILES string of the molecule is C=CCOc1ccc(-c2ccc(OCC=C)c(CC)c2)cc1CC. The zero-order valence-corrected chi connectivity index (χ0v) is 14.7. The van der Waals surface area contributed by atoms with Crippen molar-refractivity contribution in [3.63, 3.8) is 0 Å². The molecule has 0 saturated carbocycles. The van der Waals surface area contributed by atoms with E-state index in [0.717, 1.165) is 24.3 Å². The normalized spacial score (nSPS) is 10.2. The molecular formula is C22H26O2. The van der Waals surface area contributed by atoms with Crippen LogP contribution in [-0.2, 0) is 12.8 Å². The molecule has 0 aliphatic carbocycles. The molecule has 0 atom stereocenters. The highest BCUT2D eigenvalue weighted by atomic mass is 16.5. The molecule has 2 aromatic rings. The Morgan fingerprint density at radius 2 is 1.17 bits per heavy atom. The van der Waals surface area contributed by atoms with Gasteiger partial charge in [0, 0.05) is 0 Å². The third-order valence-electron chi connectivity index (χ3n) is 3.93. The zero-order valence-electron chi connectivity index (χ0n) is 14.7. The molecule has 2 heteroatoms. The largest absolute Gasteiger partial charge is 0.489 e. The topological polar surface area (TPSA) is 18.5 Å². The highest BCUT2D eigenvalue weighted by molar-refractivity contribution is 5.67. The van der Waals surface area contributed by atoms with E-state index in [2.05, 4.69) is 51.3 Å². The van der Waals surface area contributed by atoms with E-state index in [1.165, 1.54) is 22.3 Å². The Kier molecular flexibility index (Phi) is 6.68. The summed E-state index contributed by atoms with van der Waals surface area (Å²) in [6, 6.07) is 12.7. The number of aryl methyl sites for hydroxylation is 2. The van der Waals surface area contributed by atoms with Crippen molar-refractivity contribution in [2.24, 2.45) is 0 Å². The first kappa shape index (κ1) is 17.9. The average molecular weight is 322 g/mol. The Morgan fingerprint density at radius 3 is 1.50 bits per heavy atom. The van der Waals surface area contributed by atoms with Crippen LogP contribution in [0.4, 0.5) is 0 Å². The predicted molar refractivity (Wildman–Crippen MR) is 102 cm³/mol. The van der Waals surface area contributed by atoms with E-state index in [-0.39, 0.29) is 0 Å². The van der Waals surface area contributed by atoms with Gasteiger partial charge < -0.3 is 9.47 Å². The summed E-state index contributed by atoms with van der Waals surface area (Å²) in [6.45, 7) is 12.7. The van der Waals surface area contributed by atoms with E-state index < -0.39 is 0 Å². The van der Waals surface area contributed by atoms with Crippen molar-refractivity contribution in [2.45, 2.75) is 26.7 Å². The van der Waals surface area contributed by atoms with Crippen molar-refractivity contribution in [1.29, 1.82) is 0 Å². The van der Waals surface area contributed by atoms with Gasteiger partial charge in [-0.2, -0.15) is 0 Å². The molecular weight excluding hydrogens is 296 g/mol. The number of hydrogen-bond acceptors (Lipinski definition) is 2. The van der Waals surface area contributed by atoms with Crippen molar-refractivity contribution < 1.29 is 9.47 Å². The Bertz CT molecular complexity index is 640. The summed E-state index contributed by atoms with van der Waals surface area (Å²) in [5.74, 6) is 1.87. The molecule has 0 aromatic heterocycles. The summed E-state index contributed by atoms with van der Waals surface area (Å²) < 4.78 is 11.5. The molecule has 0 aliphatic rings. The van der Waals surface area contributed by atoms with E-state index in [4.69, 9.17) is 9.47 Å². The molecule has 0 heterocycles. The molecule has 0 aliphatic heterocycles. The summed E-state index contributed by atoms with van der Waals surface area (Å²) in [5.41, 5.74) is 4.81. The molecule has 2 nitrogen and oxygen atoms in total. The lowest BCUT2D eigenvalue weighted by molar-refractivity contribution is 0.359. The highest BCUT2D eigenvalue weighted by Crippen LogP contribution is 2.31. The maximum atomic E-state index is 5.73. The Balaban J connectivity index is 2.33. The van der Waals surface area contributed by atoms with E-state index in [9.17, 15) is 0 Å². The Labute approximate surface area is 145 Å². The third-order valence-corrected chi connectivity index (χ3v) is 3.93. The molecule has 0 amide bonds. The number of ether oxygens (including phenoxy) is 2. The number of hydrogen-bond donors (Lipinski definition) is 0. The standard InChI is InChI=1S/C22H26O2/c1-5-13-23-21-11-9-19(15-17(21)7-3)20-10-12-22(24-14-6-2)18(8-4)16-20/h5-6,9-12,15-16H,1-2,7-8,13-14H2,3-4H3. The lowest BCUT2D eigenvalue weighted by atomic mass is 9.98. The van der Waals surface area contributed by atoms with Crippen molar-refractivity contribution >= 4 is 0 Å². The van der Waals surface area contributed by atoms with Crippen LogP contribution in [-0.4, -0.2) is 13.2 Å². The molecule has 0 spiro atoms. The first-order valence-electron chi connectivity index (χ1n) is 8.47. The smallest absolute Gasteiger partial charge is 0.122 e. The summed E-state index contributed by atoms with van der Waals surface area (Å²) in [5, 5.41) is 0. The lowest BCUT2D eigenvalue weighted by Crippen LogP contribution is -1.98. The van der Waals surface area contributed by atoms with Crippen LogP contribution in [0, 0.1) is 0 Å². The monoisotopic (exact) mass is 322 g/mol. The van der Waals surface area contributed by atoms with Crippen LogP contribution < -0.4 is 9.47 Å². The molecule has 0 saturated heterocycles. The number of rotatable bonds is 9. The maximum absolute atomic E-state index is 5.73. The van der Waals surface area contributed by atoms with Gasteiger partial charge in [0.25, 0.3) is 0 Å². The lowest BCUT2D eigenvalue weighted by Gasteiger charge is -2.14. The van der Waals surface area contributed by atoms with Crippen molar-refractivity contribution in [2.75, 3.05) is 13.2 Å². The predicted octanol–water partition coefficient (Wildman–Crippen LogP) is 5.61. The van der Waals surface area contributed by atoms with Gasteiger partial charge in [0.05, 0.1) is 0 Å². The van der Waals surface area contributed by atoms with Crippen LogP contribution in [0.5, 0.6) is 11.5 Å². The van der Waals surface area contributed by atoms with Gasteiger partial charge >= 0.3 is 0 Å². The van der Waals surface area contributed by atoms with Gasteiger partial charge in [-0.15, -0.1) is 0 Å². The van der Waals surface area contributed by atoms with Crippen LogP contribution in [0.25, 0.3) is 11.1 Å². The third kappa shape index (κ3) is 4.29. The van der Waals surface area contributed by atoms with Crippen LogP contribution >= 0.6 is 0 Å². The fourth-order valence-corrected chi connectivity index (χ4v) is 2.65. The van der Waals surface area contributed by atoms with E-state index in [1.54, 1.807) is 12.2 Å². The first-order valence-corrected chi connectivity index (χ1v) is 8.47. The Hall–Kier alpha value is -2.48. The molecule has 2 aromatic carbocycles. The highest BCUT2D eigenvalue weighted by Gasteiger charge is 2.08. The second-order valence-electron chi connectivity index (χ2n) is 5.55. The van der Waals surface area contributed by atoms with Crippen LogP contribution in [0.2, 0.25) is 0 Å². The van der Waals surface area contributed by atoms with E-state index in [0.29, 0.717) is 13.2 Å². The molecule has 0 N–H and O–H groups in total. The van der Waals surface area contributed by atoms with E-state index >= 15 is 0 Å². The fraction of sp³-hybridized carbons (Fsp3) is 0.273. The molecule has 0 radical (unpaired) electrons. The van der Waals surface area contributed by atoms with Gasteiger partial charge in [-0.05, 0) is 59.4 Å². The minimum absolute atomic E-state index is 0.529. The van der Waals surface area contributed by atoms with Crippen molar-refractivity contribution in [3.05, 3.63) is 72.8 Å². The van der Waals surface area contributed by atoms with Crippen LogP contribution in [0.3, 0.4) is 0 Å². The van der Waals surface area contributed by atoms with Crippen LogP contribution in [0.1, 0.15) is 25.0 Å². The molecule has 126 valence electrons. The molecule has 0 bridgehead atoms. The quantitative estimate of drug-likeness (QED) is 0.559. The van der Waals surface area contributed by atoms with Crippen molar-refractivity contribution in [1.82, 2.24) is 0 Å². The second kappa shape index (κ2) is 8.97. The minimum atomic E-state index is 0.529. The molecule has 24 heavy (non-hydrogen) atoms. The van der Waals surface area contributed by atoms with E-state index in [1.807, 2.05) is 12.1 Å². The average Bonchev–Trinajstić information content (AvgIpc) is 2.64. The minimum Gasteiger partial charge on any atom is -0.489 e. The summed E-state index contributed by atoms with van der Waals surface area (Å²) >= 11 is 0. The second-order valence-corrected chi connectivity index (χ2v) is 5.55. The van der Waals surface area contributed by atoms with Gasteiger partial charge in [0.2, 0.25) is 0 Å². The maximum Gasteiger partial charge on any atom is 0.122 e. The number of benzene rings is 2. The summed E-state index contributed by atoms with van der Waals surface area (Å²) in [7, 11) is 0. The van der Waals surface area contributed by atoms with Crippen molar-refractivity contribution in [3.8, 4) is 22.6 Å².